The number of methoxy groups -OCH3 is 1. The maximum absolute atomic E-state index is 10.6. The molecule has 7 heteroatoms. The Bertz CT molecular complexity index is 230. The minimum atomic E-state index is -3.56. The van der Waals surface area contributed by atoms with Gasteiger partial charge in [-0.15, -0.1) is 0 Å². The molecule has 0 bridgehead atoms. The summed E-state index contributed by atoms with van der Waals surface area (Å²) in [6, 6.07) is 0. The molecule has 0 aromatic heterocycles. The highest BCUT2D eigenvalue weighted by Crippen LogP contribution is 1.91. The number of hydrogen-bond donors (Lipinski definition) is 0. The Morgan fingerprint density at radius 1 is 1.33 bits per heavy atom. The molecule has 0 saturated heterocycles. The van der Waals surface area contributed by atoms with E-state index in [0.717, 1.165) is 14.2 Å². The lowest BCUT2D eigenvalue weighted by Gasteiger charge is -2.02. The van der Waals surface area contributed by atoms with Crippen LogP contribution in [0.1, 0.15) is 0 Å². The molecule has 0 atom stereocenters. The van der Waals surface area contributed by atoms with Crippen LogP contribution in [0.4, 0.5) is 4.79 Å². The van der Waals surface area contributed by atoms with Gasteiger partial charge >= 0.3 is 6.16 Å². The standard InChI is InChI=1S/C5H10O6S/c1-9-5(6)11-3-4-12(7,8)10-2/h3-4H2,1-2H3. The lowest BCUT2D eigenvalue weighted by Crippen LogP contribution is -2.16. The molecule has 0 unspecified atom stereocenters. The van der Waals surface area contributed by atoms with Crippen LogP contribution in [0.5, 0.6) is 0 Å². The van der Waals surface area contributed by atoms with Crippen molar-refractivity contribution in [2.24, 2.45) is 0 Å². The van der Waals surface area contributed by atoms with Gasteiger partial charge in [-0.3, -0.25) is 4.18 Å². The average molecular weight is 198 g/mol. The van der Waals surface area contributed by atoms with Crippen LogP contribution in [0.3, 0.4) is 0 Å². The zero-order valence-electron chi connectivity index (χ0n) is 6.77. The third kappa shape index (κ3) is 4.91. The van der Waals surface area contributed by atoms with Crippen molar-refractivity contribution in [1.82, 2.24) is 0 Å². The predicted octanol–water partition coefficient (Wildman–Crippen LogP) is -0.254. The van der Waals surface area contributed by atoms with Crippen LogP contribution in [0.15, 0.2) is 0 Å². The van der Waals surface area contributed by atoms with E-state index in [0.29, 0.717) is 0 Å². The highest BCUT2D eigenvalue weighted by atomic mass is 32.2. The van der Waals surface area contributed by atoms with Crippen molar-refractivity contribution in [3.63, 3.8) is 0 Å². The molecule has 0 saturated carbocycles. The molecule has 72 valence electrons. The molecule has 0 aliphatic heterocycles. The molecule has 0 aliphatic rings. The molecule has 6 nitrogen and oxygen atoms in total. The molecule has 0 aliphatic carbocycles. The Labute approximate surface area is 70.5 Å². The van der Waals surface area contributed by atoms with Gasteiger partial charge in [0.05, 0.1) is 14.2 Å². The minimum absolute atomic E-state index is 0.275. The average Bonchev–Trinajstić information content (AvgIpc) is 2.04. The van der Waals surface area contributed by atoms with Gasteiger partial charge in [-0.2, -0.15) is 8.42 Å². The second kappa shape index (κ2) is 4.94. The van der Waals surface area contributed by atoms with Crippen LogP contribution in [-0.4, -0.2) is 41.2 Å². The van der Waals surface area contributed by atoms with E-state index >= 15 is 0 Å². The second-order valence-electron chi connectivity index (χ2n) is 1.73. The number of hydrogen-bond acceptors (Lipinski definition) is 6. The van der Waals surface area contributed by atoms with Crippen molar-refractivity contribution < 1.29 is 26.9 Å². The first-order chi connectivity index (χ1) is 5.52. The fourth-order valence-electron chi connectivity index (χ4n) is 0.369. The third-order valence-corrected chi connectivity index (χ3v) is 2.15. The smallest absolute Gasteiger partial charge is 0.438 e. The van der Waals surface area contributed by atoms with Crippen LogP contribution in [0, 0.1) is 0 Å². The fourth-order valence-corrected chi connectivity index (χ4v) is 0.823. The van der Waals surface area contributed by atoms with Crippen LogP contribution in [-0.2, 0) is 23.8 Å². The highest BCUT2D eigenvalue weighted by Gasteiger charge is 2.10. The van der Waals surface area contributed by atoms with Gasteiger partial charge in [0.15, 0.2) is 0 Å². The first-order valence-electron chi connectivity index (χ1n) is 3.01. The summed E-state index contributed by atoms with van der Waals surface area (Å²) in [6.07, 6.45) is -0.915. The molecule has 0 amide bonds. The molecule has 0 heterocycles. The molecule has 0 fully saturated rings. The van der Waals surface area contributed by atoms with Gasteiger partial charge in [-0.1, -0.05) is 0 Å². The van der Waals surface area contributed by atoms with Crippen LogP contribution >= 0.6 is 0 Å². The van der Waals surface area contributed by atoms with E-state index in [-0.39, 0.29) is 12.4 Å². The summed E-state index contributed by atoms with van der Waals surface area (Å²) >= 11 is 0. The topological polar surface area (TPSA) is 78.9 Å². The van der Waals surface area contributed by atoms with Crippen molar-refractivity contribution >= 4 is 16.3 Å². The van der Waals surface area contributed by atoms with Gasteiger partial charge < -0.3 is 9.47 Å². The van der Waals surface area contributed by atoms with E-state index < -0.39 is 16.3 Å². The lowest BCUT2D eigenvalue weighted by molar-refractivity contribution is 0.0773. The molecule has 0 N–H and O–H groups in total. The Hall–Kier alpha value is -0.820. The Kier molecular flexibility index (Phi) is 4.60. The second-order valence-corrected chi connectivity index (χ2v) is 3.59. The van der Waals surface area contributed by atoms with E-state index in [2.05, 4.69) is 13.7 Å². The molecule has 12 heavy (non-hydrogen) atoms. The van der Waals surface area contributed by atoms with Crippen molar-refractivity contribution in [1.29, 1.82) is 0 Å². The van der Waals surface area contributed by atoms with Crippen molar-refractivity contribution in [3.8, 4) is 0 Å². The number of ether oxygens (including phenoxy) is 2. The SMILES string of the molecule is COC(=O)OCCS(=O)(=O)OC. The third-order valence-electron chi connectivity index (χ3n) is 0.974. The van der Waals surface area contributed by atoms with Crippen LogP contribution in [0.25, 0.3) is 0 Å². The van der Waals surface area contributed by atoms with Gasteiger partial charge in [-0.25, -0.2) is 4.79 Å². The normalized spacial score (nSPS) is 10.8. The first-order valence-corrected chi connectivity index (χ1v) is 4.58. The highest BCUT2D eigenvalue weighted by molar-refractivity contribution is 7.86. The summed E-state index contributed by atoms with van der Waals surface area (Å²) in [6.45, 7) is -0.275. The van der Waals surface area contributed by atoms with Crippen molar-refractivity contribution in [2.75, 3.05) is 26.6 Å². The number of rotatable bonds is 4. The summed E-state index contributed by atoms with van der Waals surface area (Å²) in [4.78, 5) is 10.3. The Balaban J connectivity index is 3.64. The number of carbonyl (C=O) groups excluding carboxylic acids is 1. The molecule has 0 spiro atoms. The largest absolute Gasteiger partial charge is 0.508 e. The van der Waals surface area contributed by atoms with Gasteiger partial charge in [0, 0.05) is 0 Å². The predicted molar refractivity (Wildman–Crippen MR) is 39.2 cm³/mol. The van der Waals surface area contributed by atoms with Gasteiger partial charge in [0.2, 0.25) is 0 Å². The molecule has 0 aromatic rings. The summed E-state index contributed by atoms with van der Waals surface area (Å²) in [7, 11) is -1.39. The molecular weight excluding hydrogens is 188 g/mol. The monoisotopic (exact) mass is 198 g/mol. The zero-order chi connectivity index (χ0) is 9.61. The lowest BCUT2D eigenvalue weighted by atomic mass is 10.9. The Morgan fingerprint density at radius 3 is 2.33 bits per heavy atom. The fraction of sp³-hybridized carbons (Fsp3) is 0.800. The summed E-state index contributed by atoms with van der Waals surface area (Å²) in [5, 5.41) is 0. The molecule has 0 radical (unpaired) electrons. The quantitative estimate of drug-likeness (QED) is 0.457. The summed E-state index contributed by atoms with van der Waals surface area (Å²) in [5.74, 6) is -0.376. The number of carbonyl (C=O) groups is 1. The van der Waals surface area contributed by atoms with Gasteiger partial charge in [-0.05, 0) is 0 Å². The maximum Gasteiger partial charge on any atom is 0.508 e. The van der Waals surface area contributed by atoms with Gasteiger partial charge in [0.1, 0.15) is 12.4 Å². The Morgan fingerprint density at radius 2 is 1.92 bits per heavy atom. The molecule has 0 rings (SSSR count). The summed E-state index contributed by atoms with van der Waals surface area (Å²) < 4.78 is 33.7. The summed E-state index contributed by atoms with van der Waals surface area (Å²) in [5.41, 5.74) is 0. The van der Waals surface area contributed by atoms with Crippen molar-refractivity contribution in [3.05, 3.63) is 0 Å². The van der Waals surface area contributed by atoms with Crippen LogP contribution in [0.2, 0.25) is 0 Å². The van der Waals surface area contributed by atoms with Crippen LogP contribution < -0.4 is 0 Å². The maximum atomic E-state index is 10.6. The van der Waals surface area contributed by atoms with E-state index in [1.54, 1.807) is 0 Å². The van der Waals surface area contributed by atoms with E-state index in [9.17, 15) is 13.2 Å². The van der Waals surface area contributed by atoms with E-state index in [4.69, 9.17) is 0 Å². The molecule has 0 aromatic carbocycles. The van der Waals surface area contributed by atoms with Gasteiger partial charge in [0.25, 0.3) is 10.1 Å². The first kappa shape index (κ1) is 11.2. The zero-order valence-corrected chi connectivity index (χ0v) is 7.59. The van der Waals surface area contributed by atoms with Crippen molar-refractivity contribution in [2.45, 2.75) is 0 Å². The van der Waals surface area contributed by atoms with E-state index in [1.807, 2.05) is 0 Å². The van der Waals surface area contributed by atoms with E-state index in [1.165, 1.54) is 0 Å². The molecular formula is C5H10O6S. The minimum Gasteiger partial charge on any atom is -0.438 e.